The third kappa shape index (κ3) is 7.35. The van der Waals surface area contributed by atoms with Crippen molar-refractivity contribution >= 4 is 11.8 Å². The maximum Gasteiger partial charge on any atom is 0.0630 e. The van der Waals surface area contributed by atoms with Crippen molar-refractivity contribution in [3.05, 3.63) is 0 Å². The Balaban J connectivity index is 3.35. The third-order valence-electron chi connectivity index (χ3n) is 2.21. The number of thioether (sulfide) groups is 1. The Morgan fingerprint density at radius 1 is 1.46 bits per heavy atom. The minimum absolute atomic E-state index is 0.0267. The summed E-state index contributed by atoms with van der Waals surface area (Å²) >= 11 is 1.97. The second kappa shape index (κ2) is 6.68. The van der Waals surface area contributed by atoms with Gasteiger partial charge in [-0.15, -0.1) is 0 Å². The molecule has 0 radical (unpaired) electrons. The Morgan fingerprint density at radius 2 is 2.08 bits per heavy atom. The third-order valence-corrected chi connectivity index (χ3v) is 3.50. The molecule has 13 heavy (non-hydrogen) atoms. The van der Waals surface area contributed by atoms with Gasteiger partial charge in [-0.2, -0.15) is 11.8 Å². The molecule has 80 valence electrons. The van der Waals surface area contributed by atoms with Crippen molar-refractivity contribution in [2.24, 2.45) is 11.7 Å². The molecular weight excluding hydrogens is 182 g/mol. The van der Waals surface area contributed by atoms with Crippen LogP contribution in [0.5, 0.6) is 0 Å². The van der Waals surface area contributed by atoms with Crippen LogP contribution in [0.25, 0.3) is 0 Å². The molecule has 0 heterocycles. The summed E-state index contributed by atoms with van der Waals surface area (Å²) in [6.07, 6.45) is 1.10. The number of ether oxygens (including phenoxy) is 1. The van der Waals surface area contributed by atoms with Gasteiger partial charge in [0.2, 0.25) is 0 Å². The van der Waals surface area contributed by atoms with E-state index in [1.165, 1.54) is 0 Å². The second-order valence-corrected chi connectivity index (χ2v) is 5.28. The van der Waals surface area contributed by atoms with Crippen LogP contribution < -0.4 is 5.73 Å². The van der Waals surface area contributed by atoms with Crippen LogP contribution in [-0.2, 0) is 4.74 Å². The molecule has 0 aromatic carbocycles. The summed E-state index contributed by atoms with van der Waals surface area (Å²) in [6, 6.07) is 0. The maximum atomic E-state index is 5.53. The molecule has 0 saturated carbocycles. The first-order chi connectivity index (χ1) is 6.02. The predicted molar refractivity (Wildman–Crippen MR) is 61.2 cm³/mol. The van der Waals surface area contributed by atoms with E-state index in [-0.39, 0.29) is 5.60 Å². The topological polar surface area (TPSA) is 35.2 Å². The molecule has 2 nitrogen and oxygen atoms in total. The van der Waals surface area contributed by atoms with Gasteiger partial charge >= 0.3 is 0 Å². The fraction of sp³-hybridized carbons (Fsp3) is 1.00. The van der Waals surface area contributed by atoms with E-state index in [9.17, 15) is 0 Å². The zero-order valence-electron chi connectivity index (χ0n) is 9.30. The summed E-state index contributed by atoms with van der Waals surface area (Å²) in [7, 11) is 1.77. The molecule has 0 saturated heterocycles. The first kappa shape index (κ1) is 13.3. The summed E-state index contributed by atoms with van der Waals surface area (Å²) in [6.45, 7) is 7.23. The monoisotopic (exact) mass is 205 g/mol. The Hall–Kier alpha value is 0.270. The summed E-state index contributed by atoms with van der Waals surface area (Å²) in [5.74, 6) is 2.96. The Labute approximate surface area is 86.6 Å². The zero-order valence-corrected chi connectivity index (χ0v) is 10.1. The first-order valence-corrected chi connectivity index (χ1v) is 6.00. The molecule has 3 heteroatoms. The quantitative estimate of drug-likeness (QED) is 0.647. The van der Waals surface area contributed by atoms with Gasteiger partial charge in [-0.3, -0.25) is 0 Å². The molecule has 0 spiro atoms. The van der Waals surface area contributed by atoms with Crippen LogP contribution in [0, 0.1) is 5.92 Å². The molecule has 0 amide bonds. The van der Waals surface area contributed by atoms with E-state index in [0.717, 1.165) is 24.5 Å². The van der Waals surface area contributed by atoms with Crippen LogP contribution in [0.1, 0.15) is 27.2 Å². The maximum absolute atomic E-state index is 5.53. The largest absolute Gasteiger partial charge is 0.379 e. The summed E-state index contributed by atoms with van der Waals surface area (Å²) in [5, 5.41) is 0. The van der Waals surface area contributed by atoms with E-state index in [2.05, 4.69) is 20.8 Å². The van der Waals surface area contributed by atoms with Crippen molar-refractivity contribution in [1.29, 1.82) is 0 Å². The van der Waals surface area contributed by atoms with E-state index in [0.29, 0.717) is 5.92 Å². The highest BCUT2D eigenvalue weighted by molar-refractivity contribution is 7.99. The molecular formula is C10H23NOS. The van der Waals surface area contributed by atoms with E-state index in [4.69, 9.17) is 10.5 Å². The van der Waals surface area contributed by atoms with Gasteiger partial charge in [0.15, 0.2) is 0 Å². The van der Waals surface area contributed by atoms with Gasteiger partial charge in [-0.05, 0) is 44.2 Å². The lowest BCUT2D eigenvalue weighted by atomic mass is 10.1. The molecule has 0 aliphatic carbocycles. The van der Waals surface area contributed by atoms with E-state index in [1.54, 1.807) is 7.11 Å². The van der Waals surface area contributed by atoms with Gasteiger partial charge < -0.3 is 10.5 Å². The molecule has 0 fully saturated rings. The highest BCUT2D eigenvalue weighted by atomic mass is 32.2. The van der Waals surface area contributed by atoms with Crippen molar-refractivity contribution in [3.63, 3.8) is 0 Å². The van der Waals surface area contributed by atoms with Crippen LogP contribution in [0.4, 0.5) is 0 Å². The molecule has 1 atom stereocenters. The van der Waals surface area contributed by atoms with Gasteiger partial charge in [-0.25, -0.2) is 0 Å². The lowest BCUT2D eigenvalue weighted by molar-refractivity contribution is 0.0206. The van der Waals surface area contributed by atoms with Gasteiger partial charge in [0, 0.05) is 7.11 Å². The number of hydrogen-bond donors (Lipinski definition) is 1. The Kier molecular flexibility index (Phi) is 6.82. The molecule has 1 unspecified atom stereocenters. The Bertz CT molecular complexity index is 128. The average molecular weight is 205 g/mol. The number of nitrogens with two attached hydrogens (primary N) is 1. The smallest absolute Gasteiger partial charge is 0.0630 e. The molecule has 0 rings (SSSR count). The molecule has 0 aromatic heterocycles. The van der Waals surface area contributed by atoms with Crippen molar-refractivity contribution in [2.75, 3.05) is 25.2 Å². The van der Waals surface area contributed by atoms with Crippen LogP contribution >= 0.6 is 11.8 Å². The summed E-state index contributed by atoms with van der Waals surface area (Å²) in [4.78, 5) is 0. The standard InChI is InChI=1S/C10H23NOS/c1-9(7-11)8-13-6-5-10(2,3)12-4/h9H,5-8,11H2,1-4H3. The van der Waals surface area contributed by atoms with Crippen LogP contribution in [0.3, 0.4) is 0 Å². The molecule has 0 aliphatic heterocycles. The van der Waals surface area contributed by atoms with Crippen LogP contribution in [0.2, 0.25) is 0 Å². The van der Waals surface area contributed by atoms with Crippen molar-refractivity contribution < 1.29 is 4.74 Å². The molecule has 0 aliphatic rings. The lowest BCUT2D eigenvalue weighted by Gasteiger charge is -2.22. The normalized spacial score (nSPS) is 14.5. The van der Waals surface area contributed by atoms with Crippen LogP contribution in [0.15, 0.2) is 0 Å². The fourth-order valence-corrected chi connectivity index (χ4v) is 2.11. The fourth-order valence-electron chi connectivity index (χ4n) is 0.773. The van der Waals surface area contributed by atoms with Crippen molar-refractivity contribution in [2.45, 2.75) is 32.8 Å². The summed E-state index contributed by atoms with van der Waals surface area (Å²) < 4.78 is 5.33. The van der Waals surface area contributed by atoms with Gasteiger partial charge in [0.25, 0.3) is 0 Å². The van der Waals surface area contributed by atoms with Gasteiger partial charge in [-0.1, -0.05) is 6.92 Å². The van der Waals surface area contributed by atoms with Gasteiger partial charge in [0.05, 0.1) is 5.60 Å². The lowest BCUT2D eigenvalue weighted by Crippen LogP contribution is -2.23. The van der Waals surface area contributed by atoms with Crippen molar-refractivity contribution in [3.8, 4) is 0 Å². The zero-order chi connectivity index (χ0) is 10.3. The van der Waals surface area contributed by atoms with E-state index < -0.39 is 0 Å². The van der Waals surface area contributed by atoms with E-state index in [1.807, 2.05) is 11.8 Å². The SMILES string of the molecule is COC(C)(C)CCSCC(C)CN. The minimum atomic E-state index is 0.0267. The summed E-state index contributed by atoms with van der Waals surface area (Å²) in [5.41, 5.74) is 5.55. The number of rotatable bonds is 7. The second-order valence-electron chi connectivity index (χ2n) is 4.13. The van der Waals surface area contributed by atoms with E-state index >= 15 is 0 Å². The molecule has 2 N–H and O–H groups in total. The number of hydrogen-bond acceptors (Lipinski definition) is 3. The van der Waals surface area contributed by atoms with Gasteiger partial charge in [0.1, 0.15) is 0 Å². The highest BCUT2D eigenvalue weighted by Crippen LogP contribution is 2.17. The minimum Gasteiger partial charge on any atom is -0.379 e. The van der Waals surface area contributed by atoms with Crippen molar-refractivity contribution in [1.82, 2.24) is 0 Å². The predicted octanol–water partition coefficient (Wildman–Crippen LogP) is 2.13. The number of methoxy groups -OCH3 is 1. The first-order valence-electron chi connectivity index (χ1n) is 4.85. The molecule has 0 aromatic rings. The Morgan fingerprint density at radius 3 is 2.54 bits per heavy atom. The highest BCUT2D eigenvalue weighted by Gasteiger charge is 2.15. The van der Waals surface area contributed by atoms with Crippen LogP contribution in [-0.4, -0.2) is 30.8 Å². The average Bonchev–Trinajstić information content (AvgIpc) is 2.12. The molecule has 0 bridgehead atoms.